The Morgan fingerprint density at radius 3 is 2.68 bits per heavy atom. The number of ether oxygens (including phenoxy) is 2. The number of hydrogen-bond acceptors (Lipinski definition) is 8. The quantitative estimate of drug-likeness (QED) is 0.703. The van der Waals surface area contributed by atoms with E-state index in [1.165, 1.54) is 4.52 Å². The van der Waals surface area contributed by atoms with Crippen LogP contribution in [-0.4, -0.2) is 56.8 Å². The summed E-state index contributed by atoms with van der Waals surface area (Å²) in [5.41, 5.74) is 1.84. The molecule has 1 aliphatic heterocycles. The van der Waals surface area contributed by atoms with E-state index in [0.717, 1.165) is 11.4 Å². The molecule has 148 valence electrons. The Kier molecular flexibility index (Phi) is 5.25. The van der Waals surface area contributed by atoms with Gasteiger partial charge in [0.05, 0.1) is 23.9 Å². The zero-order valence-corrected chi connectivity index (χ0v) is 15.9. The van der Waals surface area contributed by atoms with Crippen molar-refractivity contribution in [2.24, 2.45) is 0 Å². The standard InChI is InChI=1S/C17H20N6O5/c1-5-27-14(24)12-10(4)19-17(26)20-11(12)7-28-15(25)13-21-16-18-8(2)6-9(3)23(16)22-13/h6,10H,5,7H2,1-4H3,(H2,19,20,26). The molecule has 1 unspecified atom stereocenters. The molecule has 0 bridgehead atoms. The predicted octanol–water partition coefficient (Wildman–Crippen LogP) is 0.416. The molecule has 0 spiro atoms. The Balaban J connectivity index is 1.81. The van der Waals surface area contributed by atoms with Crippen LogP contribution in [0.3, 0.4) is 0 Å². The number of hydrogen-bond donors (Lipinski definition) is 2. The summed E-state index contributed by atoms with van der Waals surface area (Å²) in [6.45, 7) is 6.76. The number of nitrogens with zero attached hydrogens (tertiary/aromatic N) is 4. The molecule has 11 nitrogen and oxygen atoms in total. The van der Waals surface area contributed by atoms with Gasteiger partial charge in [-0.1, -0.05) is 0 Å². The summed E-state index contributed by atoms with van der Waals surface area (Å²) in [5.74, 6) is -1.30. The summed E-state index contributed by atoms with van der Waals surface area (Å²) in [5, 5.41) is 9.13. The molecule has 2 aromatic rings. The smallest absolute Gasteiger partial charge is 0.378 e. The first-order valence-electron chi connectivity index (χ1n) is 8.66. The van der Waals surface area contributed by atoms with E-state index in [0.29, 0.717) is 0 Å². The molecule has 1 aliphatic rings. The third-order valence-corrected chi connectivity index (χ3v) is 4.01. The van der Waals surface area contributed by atoms with Crippen LogP contribution in [0.1, 0.15) is 35.9 Å². The number of aromatic nitrogens is 4. The van der Waals surface area contributed by atoms with Gasteiger partial charge in [0.25, 0.3) is 11.6 Å². The molecule has 0 aliphatic carbocycles. The minimum absolute atomic E-state index is 0.150. The fraction of sp³-hybridized carbons (Fsp3) is 0.412. The van der Waals surface area contributed by atoms with Gasteiger partial charge in [0.2, 0.25) is 0 Å². The molecule has 0 radical (unpaired) electrons. The molecule has 28 heavy (non-hydrogen) atoms. The normalized spacial score (nSPS) is 16.6. The van der Waals surface area contributed by atoms with Crippen molar-refractivity contribution >= 4 is 23.7 Å². The molecule has 0 aromatic carbocycles. The highest BCUT2D eigenvalue weighted by atomic mass is 16.5. The van der Waals surface area contributed by atoms with Gasteiger partial charge in [-0.05, 0) is 33.8 Å². The maximum atomic E-state index is 12.4. The average molecular weight is 388 g/mol. The molecule has 0 fully saturated rings. The van der Waals surface area contributed by atoms with Gasteiger partial charge in [-0.2, -0.15) is 4.98 Å². The van der Waals surface area contributed by atoms with Crippen molar-refractivity contribution in [1.82, 2.24) is 30.2 Å². The highest BCUT2D eigenvalue weighted by Gasteiger charge is 2.30. The fourth-order valence-electron chi connectivity index (χ4n) is 2.85. The van der Waals surface area contributed by atoms with Crippen LogP contribution < -0.4 is 10.6 Å². The molecule has 0 saturated carbocycles. The maximum Gasteiger partial charge on any atom is 0.378 e. The molecule has 2 amide bonds. The predicted molar refractivity (Wildman–Crippen MR) is 95.3 cm³/mol. The number of carbonyl (C=O) groups is 3. The van der Waals surface area contributed by atoms with E-state index in [9.17, 15) is 14.4 Å². The topological polar surface area (TPSA) is 137 Å². The number of carbonyl (C=O) groups excluding carboxylic acids is 3. The van der Waals surface area contributed by atoms with Crippen LogP contribution in [0.5, 0.6) is 0 Å². The molecule has 3 rings (SSSR count). The van der Waals surface area contributed by atoms with E-state index in [1.54, 1.807) is 19.9 Å². The summed E-state index contributed by atoms with van der Waals surface area (Å²) >= 11 is 0. The summed E-state index contributed by atoms with van der Waals surface area (Å²) in [6.07, 6.45) is 0. The minimum atomic E-state index is -0.807. The monoisotopic (exact) mass is 388 g/mol. The van der Waals surface area contributed by atoms with Gasteiger partial charge in [-0.25, -0.2) is 23.9 Å². The zero-order valence-electron chi connectivity index (χ0n) is 15.9. The van der Waals surface area contributed by atoms with Crippen LogP contribution >= 0.6 is 0 Å². The lowest BCUT2D eigenvalue weighted by molar-refractivity contribution is -0.139. The van der Waals surface area contributed by atoms with E-state index in [2.05, 4.69) is 25.7 Å². The molecular weight excluding hydrogens is 368 g/mol. The number of amides is 2. The average Bonchev–Trinajstić information content (AvgIpc) is 3.03. The molecule has 1 atom stereocenters. The summed E-state index contributed by atoms with van der Waals surface area (Å²) in [4.78, 5) is 44.5. The Labute approximate surface area is 160 Å². The van der Waals surface area contributed by atoms with E-state index in [4.69, 9.17) is 9.47 Å². The first-order chi connectivity index (χ1) is 13.3. The van der Waals surface area contributed by atoms with Gasteiger partial charge in [0, 0.05) is 11.4 Å². The summed E-state index contributed by atoms with van der Waals surface area (Å²) < 4.78 is 11.6. The molecular formula is C17H20N6O5. The van der Waals surface area contributed by atoms with Gasteiger partial charge < -0.3 is 20.1 Å². The lowest BCUT2D eigenvalue weighted by Gasteiger charge is -2.26. The third-order valence-electron chi connectivity index (χ3n) is 4.01. The Hall–Kier alpha value is -3.50. The second-order valence-corrected chi connectivity index (χ2v) is 6.20. The van der Waals surface area contributed by atoms with Crippen molar-refractivity contribution in [3.8, 4) is 0 Å². The Bertz CT molecular complexity index is 995. The fourth-order valence-corrected chi connectivity index (χ4v) is 2.85. The number of esters is 2. The van der Waals surface area contributed by atoms with Gasteiger partial charge >= 0.3 is 18.0 Å². The van der Waals surface area contributed by atoms with Crippen LogP contribution in [0.15, 0.2) is 17.3 Å². The first-order valence-corrected chi connectivity index (χ1v) is 8.66. The third kappa shape index (κ3) is 3.77. The number of nitrogens with one attached hydrogen (secondary N) is 2. The first kappa shape index (κ1) is 19.3. The van der Waals surface area contributed by atoms with Crippen LogP contribution in [0.2, 0.25) is 0 Å². The summed E-state index contributed by atoms with van der Waals surface area (Å²) in [6, 6.07) is 0.705. The number of urea groups is 1. The molecule has 2 N–H and O–H groups in total. The van der Waals surface area contributed by atoms with Gasteiger partial charge in [0.15, 0.2) is 0 Å². The maximum absolute atomic E-state index is 12.4. The number of fused-ring (bicyclic) bond motifs is 1. The van der Waals surface area contributed by atoms with Crippen molar-refractivity contribution in [3.63, 3.8) is 0 Å². The highest BCUT2D eigenvalue weighted by molar-refractivity contribution is 5.95. The van der Waals surface area contributed by atoms with Crippen LogP contribution in [-0.2, 0) is 14.3 Å². The van der Waals surface area contributed by atoms with E-state index in [-0.39, 0.29) is 36.1 Å². The van der Waals surface area contributed by atoms with Crippen molar-refractivity contribution in [3.05, 3.63) is 34.5 Å². The Morgan fingerprint density at radius 2 is 1.96 bits per heavy atom. The zero-order chi connectivity index (χ0) is 20.4. The molecule has 3 heterocycles. The second kappa shape index (κ2) is 7.62. The lowest BCUT2D eigenvalue weighted by Crippen LogP contribution is -2.50. The van der Waals surface area contributed by atoms with E-state index < -0.39 is 24.0 Å². The lowest BCUT2D eigenvalue weighted by atomic mass is 10.0. The largest absolute Gasteiger partial charge is 0.463 e. The van der Waals surface area contributed by atoms with Crippen molar-refractivity contribution in [1.29, 1.82) is 0 Å². The van der Waals surface area contributed by atoms with Crippen molar-refractivity contribution < 1.29 is 23.9 Å². The van der Waals surface area contributed by atoms with Gasteiger partial charge in [0.1, 0.15) is 6.61 Å². The van der Waals surface area contributed by atoms with Gasteiger partial charge in [-0.3, -0.25) is 0 Å². The second-order valence-electron chi connectivity index (χ2n) is 6.20. The van der Waals surface area contributed by atoms with Crippen LogP contribution in [0, 0.1) is 13.8 Å². The SMILES string of the molecule is CCOC(=O)C1=C(COC(=O)c2nc3nc(C)cc(C)n3n2)NC(=O)NC1C. The summed E-state index contributed by atoms with van der Waals surface area (Å²) in [7, 11) is 0. The van der Waals surface area contributed by atoms with Crippen molar-refractivity contribution in [2.45, 2.75) is 33.7 Å². The highest BCUT2D eigenvalue weighted by Crippen LogP contribution is 2.15. The Morgan fingerprint density at radius 1 is 1.21 bits per heavy atom. The van der Waals surface area contributed by atoms with Crippen molar-refractivity contribution in [2.75, 3.05) is 13.2 Å². The number of aryl methyl sites for hydroxylation is 2. The van der Waals surface area contributed by atoms with E-state index >= 15 is 0 Å². The van der Waals surface area contributed by atoms with Crippen LogP contribution in [0.25, 0.3) is 5.78 Å². The molecule has 2 aromatic heterocycles. The molecule has 11 heteroatoms. The number of rotatable bonds is 5. The molecule has 0 saturated heterocycles. The van der Waals surface area contributed by atoms with Crippen LogP contribution in [0.4, 0.5) is 4.79 Å². The minimum Gasteiger partial charge on any atom is -0.463 e. The van der Waals surface area contributed by atoms with Gasteiger partial charge in [-0.15, -0.1) is 5.10 Å². The van der Waals surface area contributed by atoms with E-state index in [1.807, 2.05) is 13.8 Å².